The van der Waals surface area contributed by atoms with E-state index in [1.807, 2.05) is 22.7 Å². The molecule has 9 aromatic carbocycles. The monoisotopic (exact) mass is 865 g/mol. The van der Waals surface area contributed by atoms with E-state index in [0.717, 1.165) is 35.6 Å². The fraction of sp³-hybridized carbons (Fsp3) is 0.0333. The molecule has 0 N–H and O–H groups in total. The zero-order valence-electron chi connectivity index (χ0n) is 35.3. The number of hydrogen-bond acceptors (Lipinski definition) is 3. The second kappa shape index (κ2) is 14.4. The topological polar surface area (TPSA) is 13.1 Å². The standard InChI is InChI=1S/C60H39N3S2/c1-3-13-40(14-4-1)62-52-20-10-7-17-45(52)49-36-43(28-32-53(49)62)61(44-29-34-58-50(37-44)47-19-9-11-21-56(47)64-58)42-26-23-38(24-27-42)39-25-31-54-51(35-39)59-55(63(54)41-15-5-2-6-16-41)33-30-48-46-18-8-12-22-57(46)65-60(48)59/h1-24,26-30,32-37H,25,31H2. The number of anilines is 3. The molecule has 4 aromatic heterocycles. The molecule has 306 valence electrons. The summed E-state index contributed by atoms with van der Waals surface area (Å²) in [5.74, 6) is 0. The molecular formula is C60H39N3S2. The first-order valence-electron chi connectivity index (χ1n) is 22.4. The molecule has 0 amide bonds. The summed E-state index contributed by atoms with van der Waals surface area (Å²) in [6.07, 6.45) is 4.44. The van der Waals surface area contributed by atoms with Crippen molar-refractivity contribution in [2.24, 2.45) is 0 Å². The Bertz CT molecular complexity index is 4050. The van der Waals surface area contributed by atoms with Gasteiger partial charge in [0, 0.05) is 96.2 Å². The number of hydrogen-bond donors (Lipinski definition) is 0. The Morgan fingerprint density at radius 3 is 1.72 bits per heavy atom. The number of para-hydroxylation sites is 3. The molecule has 0 aliphatic heterocycles. The Morgan fingerprint density at radius 1 is 0.385 bits per heavy atom. The summed E-state index contributed by atoms with van der Waals surface area (Å²) in [5, 5.41) is 9.11. The Morgan fingerprint density at radius 2 is 0.954 bits per heavy atom. The first kappa shape index (κ1) is 36.8. The summed E-state index contributed by atoms with van der Waals surface area (Å²) in [5.41, 5.74) is 14.9. The maximum absolute atomic E-state index is 2.52. The average Bonchev–Trinajstić information content (AvgIpc) is 4.12. The average molecular weight is 866 g/mol. The molecule has 0 bridgehead atoms. The molecule has 14 rings (SSSR count). The van der Waals surface area contributed by atoms with Crippen LogP contribution in [-0.4, -0.2) is 9.13 Å². The fourth-order valence-corrected chi connectivity index (χ4v) is 13.1. The molecule has 3 nitrogen and oxygen atoms in total. The van der Waals surface area contributed by atoms with Crippen LogP contribution in [0.3, 0.4) is 0 Å². The number of thiophene rings is 2. The van der Waals surface area contributed by atoms with Gasteiger partial charge in [-0.1, -0.05) is 109 Å². The molecule has 0 saturated heterocycles. The van der Waals surface area contributed by atoms with Gasteiger partial charge in [0.15, 0.2) is 0 Å². The zero-order valence-corrected chi connectivity index (χ0v) is 36.9. The van der Waals surface area contributed by atoms with E-state index < -0.39 is 0 Å². The largest absolute Gasteiger partial charge is 0.313 e. The second-order valence-electron chi connectivity index (χ2n) is 17.2. The van der Waals surface area contributed by atoms with Crippen molar-refractivity contribution in [3.05, 3.63) is 223 Å². The molecule has 0 fully saturated rings. The Balaban J connectivity index is 0.932. The minimum absolute atomic E-state index is 0.968. The third-order valence-corrected chi connectivity index (χ3v) is 16.0. The van der Waals surface area contributed by atoms with Gasteiger partial charge in [-0.05, 0) is 127 Å². The Hall–Kier alpha value is -7.70. The van der Waals surface area contributed by atoms with Crippen molar-refractivity contribution in [2.75, 3.05) is 4.90 Å². The third kappa shape index (κ3) is 5.66. The van der Waals surface area contributed by atoms with Gasteiger partial charge in [-0.2, -0.15) is 0 Å². The predicted octanol–water partition coefficient (Wildman–Crippen LogP) is 17.4. The summed E-state index contributed by atoms with van der Waals surface area (Å²) in [4.78, 5) is 2.45. The van der Waals surface area contributed by atoms with Gasteiger partial charge < -0.3 is 14.0 Å². The number of nitrogens with zero attached hydrogens (tertiary/aromatic N) is 3. The van der Waals surface area contributed by atoms with E-state index >= 15 is 0 Å². The molecule has 0 radical (unpaired) electrons. The van der Waals surface area contributed by atoms with Crippen LogP contribution in [0.2, 0.25) is 0 Å². The van der Waals surface area contributed by atoms with E-state index in [-0.39, 0.29) is 0 Å². The lowest BCUT2D eigenvalue weighted by atomic mass is 9.91. The number of rotatable bonds is 6. The van der Waals surface area contributed by atoms with Gasteiger partial charge in [0.2, 0.25) is 0 Å². The van der Waals surface area contributed by atoms with E-state index in [4.69, 9.17) is 0 Å². The van der Waals surface area contributed by atoms with Crippen LogP contribution in [0.1, 0.15) is 23.2 Å². The SMILES string of the molecule is C1=C(c2ccc(N(c3ccc4sc5ccccc5c4c3)c3ccc4c(c3)c3ccccc3n4-c3ccccc3)cc2)CCc2c1c1c3sc4ccccc4c3ccc1n2-c1ccccc1. The van der Waals surface area contributed by atoms with Gasteiger partial charge in [-0.3, -0.25) is 0 Å². The van der Waals surface area contributed by atoms with Crippen molar-refractivity contribution in [3.63, 3.8) is 0 Å². The van der Waals surface area contributed by atoms with Gasteiger partial charge in [-0.15, -0.1) is 22.7 Å². The Labute approximate surface area is 383 Å². The number of aromatic nitrogens is 2. The lowest BCUT2D eigenvalue weighted by Crippen LogP contribution is -2.10. The molecule has 0 saturated carbocycles. The molecule has 13 aromatic rings. The van der Waals surface area contributed by atoms with Crippen LogP contribution in [0.4, 0.5) is 17.1 Å². The van der Waals surface area contributed by atoms with Crippen LogP contribution in [0, 0.1) is 0 Å². The van der Waals surface area contributed by atoms with Crippen LogP contribution in [0.15, 0.2) is 206 Å². The normalized spacial score (nSPS) is 12.9. The highest BCUT2D eigenvalue weighted by molar-refractivity contribution is 7.27. The zero-order chi connectivity index (χ0) is 42.6. The first-order chi connectivity index (χ1) is 32.2. The van der Waals surface area contributed by atoms with Crippen LogP contribution < -0.4 is 4.90 Å². The van der Waals surface area contributed by atoms with Crippen molar-refractivity contribution in [2.45, 2.75) is 12.8 Å². The van der Waals surface area contributed by atoms with Crippen LogP contribution in [0.5, 0.6) is 0 Å². The van der Waals surface area contributed by atoms with Gasteiger partial charge >= 0.3 is 0 Å². The molecule has 65 heavy (non-hydrogen) atoms. The summed E-state index contributed by atoms with van der Waals surface area (Å²) < 4.78 is 10.2. The predicted molar refractivity (Wildman–Crippen MR) is 281 cm³/mol. The summed E-state index contributed by atoms with van der Waals surface area (Å²) in [6.45, 7) is 0. The highest BCUT2D eigenvalue weighted by atomic mass is 32.1. The molecular weight excluding hydrogens is 827 g/mol. The van der Waals surface area contributed by atoms with Crippen molar-refractivity contribution < 1.29 is 0 Å². The lowest BCUT2D eigenvalue weighted by Gasteiger charge is -2.26. The quantitative estimate of drug-likeness (QED) is 0.162. The van der Waals surface area contributed by atoms with Crippen LogP contribution in [-0.2, 0) is 6.42 Å². The lowest BCUT2D eigenvalue weighted by molar-refractivity contribution is 0.898. The second-order valence-corrected chi connectivity index (χ2v) is 19.3. The van der Waals surface area contributed by atoms with Crippen LogP contribution >= 0.6 is 22.7 Å². The molecule has 0 unspecified atom stereocenters. The Kier molecular flexibility index (Phi) is 8.15. The van der Waals surface area contributed by atoms with Crippen molar-refractivity contribution >= 4 is 124 Å². The molecule has 1 aliphatic rings. The van der Waals surface area contributed by atoms with Crippen molar-refractivity contribution in [3.8, 4) is 11.4 Å². The molecule has 0 spiro atoms. The van der Waals surface area contributed by atoms with Crippen molar-refractivity contribution in [1.29, 1.82) is 0 Å². The van der Waals surface area contributed by atoms with E-state index in [1.165, 1.54) is 101 Å². The highest BCUT2D eigenvalue weighted by Gasteiger charge is 2.25. The number of benzene rings is 9. The van der Waals surface area contributed by atoms with Gasteiger partial charge in [0.1, 0.15) is 0 Å². The third-order valence-electron chi connectivity index (χ3n) is 13.6. The highest BCUT2D eigenvalue weighted by Crippen LogP contribution is 2.47. The summed E-state index contributed by atoms with van der Waals surface area (Å²) in [6, 6.07) is 76.1. The minimum atomic E-state index is 0.968. The smallest absolute Gasteiger partial charge is 0.0552 e. The first-order valence-corrected chi connectivity index (χ1v) is 24.0. The van der Waals surface area contributed by atoms with E-state index in [0.29, 0.717) is 0 Å². The maximum atomic E-state index is 2.52. The number of fused-ring (bicyclic) bond motifs is 13. The maximum Gasteiger partial charge on any atom is 0.0552 e. The van der Waals surface area contributed by atoms with Gasteiger partial charge in [0.05, 0.1) is 16.6 Å². The van der Waals surface area contributed by atoms with E-state index in [1.54, 1.807) is 0 Å². The van der Waals surface area contributed by atoms with Crippen molar-refractivity contribution in [1.82, 2.24) is 9.13 Å². The molecule has 0 atom stereocenters. The molecule has 5 heteroatoms. The summed E-state index contributed by atoms with van der Waals surface area (Å²) >= 11 is 3.79. The molecule has 1 aliphatic carbocycles. The molecule has 4 heterocycles. The van der Waals surface area contributed by atoms with E-state index in [2.05, 4.69) is 226 Å². The van der Waals surface area contributed by atoms with E-state index in [9.17, 15) is 0 Å². The van der Waals surface area contributed by atoms with Gasteiger partial charge in [-0.25, -0.2) is 0 Å². The number of allylic oxidation sites excluding steroid dienone is 1. The summed E-state index contributed by atoms with van der Waals surface area (Å²) in [7, 11) is 0. The fourth-order valence-electron chi connectivity index (χ4n) is 10.7. The van der Waals surface area contributed by atoms with Crippen LogP contribution in [0.25, 0.3) is 96.1 Å². The minimum Gasteiger partial charge on any atom is -0.313 e. The van der Waals surface area contributed by atoms with Gasteiger partial charge in [0.25, 0.3) is 0 Å².